The third kappa shape index (κ3) is 6.11. The Labute approximate surface area is 222 Å². The summed E-state index contributed by atoms with van der Waals surface area (Å²) in [6.45, 7) is 4.07. The second kappa shape index (κ2) is 12.6. The second-order valence-electron chi connectivity index (χ2n) is 10.2. The standard InChI is InChI=1S/C32H34F4O2/c1-3-5-7-23-16-17-25(29(34)28(23)33)22-12-14-24(15-13-22)32(37)38-27-19-18-26(30(35)31(27)36)21-10-8-20(6-4-2)9-11-21/h8-11,16-19,22,24H,3-7,12-15H2,1-2H3. The molecule has 6 heteroatoms. The van der Waals surface area contributed by atoms with Gasteiger partial charge in [0.25, 0.3) is 0 Å². The number of hydrogen-bond acceptors (Lipinski definition) is 2. The van der Waals surface area contributed by atoms with Gasteiger partial charge >= 0.3 is 5.97 Å². The van der Waals surface area contributed by atoms with E-state index in [1.54, 1.807) is 24.3 Å². The average molecular weight is 527 g/mol. The molecule has 0 heterocycles. The molecule has 38 heavy (non-hydrogen) atoms. The number of esters is 1. The summed E-state index contributed by atoms with van der Waals surface area (Å²) in [5.74, 6) is -5.67. The van der Waals surface area contributed by atoms with E-state index < -0.39 is 40.9 Å². The molecule has 0 aliphatic heterocycles. The maximum absolute atomic E-state index is 14.9. The summed E-state index contributed by atoms with van der Waals surface area (Å²) in [6.07, 6.45) is 5.85. The van der Waals surface area contributed by atoms with Gasteiger partial charge in [-0.15, -0.1) is 0 Å². The average Bonchev–Trinajstić information content (AvgIpc) is 2.93. The van der Waals surface area contributed by atoms with Gasteiger partial charge < -0.3 is 4.74 Å². The van der Waals surface area contributed by atoms with Crippen molar-refractivity contribution in [1.82, 2.24) is 0 Å². The van der Waals surface area contributed by atoms with Crippen LogP contribution in [0.15, 0.2) is 48.5 Å². The summed E-state index contributed by atoms with van der Waals surface area (Å²) in [6, 6.07) is 13.3. The van der Waals surface area contributed by atoms with Crippen molar-refractivity contribution in [3.8, 4) is 16.9 Å². The van der Waals surface area contributed by atoms with Crippen LogP contribution in [0.2, 0.25) is 0 Å². The van der Waals surface area contributed by atoms with E-state index in [-0.39, 0.29) is 11.5 Å². The lowest BCUT2D eigenvalue weighted by molar-refractivity contribution is -0.140. The summed E-state index contributed by atoms with van der Waals surface area (Å²) in [5.41, 5.74) is 2.48. The van der Waals surface area contributed by atoms with Crippen molar-refractivity contribution in [3.63, 3.8) is 0 Å². The van der Waals surface area contributed by atoms with E-state index >= 15 is 0 Å². The van der Waals surface area contributed by atoms with Crippen LogP contribution in [0.5, 0.6) is 5.75 Å². The number of aryl methyl sites for hydroxylation is 2. The number of unbranched alkanes of at least 4 members (excludes halogenated alkanes) is 1. The summed E-state index contributed by atoms with van der Waals surface area (Å²) in [4.78, 5) is 12.7. The van der Waals surface area contributed by atoms with Crippen molar-refractivity contribution >= 4 is 5.97 Å². The smallest absolute Gasteiger partial charge is 0.314 e. The van der Waals surface area contributed by atoms with Crippen LogP contribution in [-0.4, -0.2) is 5.97 Å². The Bertz CT molecular complexity index is 1260. The molecule has 0 atom stereocenters. The molecule has 0 radical (unpaired) electrons. The van der Waals surface area contributed by atoms with Crippen LogP contribution in [0.25, 0.3) is 11.1 Å². The van der Waals surface area contributed by atoms with E-state index in [2.05, 4.69) is 6.92 Å². The monoisotopic (exact) mass is 526 g/mol. The predicted molar refractivity (Wildman–Crippen MR) is 141 cm³/mol. The summed E-state index contributed by atoms with van der Waals surface area (Å²) in [5, 5.41) is 0. The Kier molecular flexibility index (Phi) is 9.24. The maximum Gasteiger partial charge on any atom is 0.314 e. The first-order valence-corrected chi connectivity index (χ1v) is 13.6. The van der Waals surface area contributed by atoms with Crippen molar-refractivity contribution < 1.29 is 27.1 Å². The number of rotatable bonds is 9. The Morgan fingerprint density at radius 3 is 2.13 bits per heavy atom. The highest BCUT2D eigenvalue weighted by Crippen LogP contribution is 2.39. The van der Waals surface area contributed by atoms with Crippen LogP contribution in [0.3, 0.4) is 0 Å². The van der Waals surface area contributed by atoms with E-state index in [1.807, 2.05) is 19.1 Å². The SMILES string of the molecule is CCCCc1ccc(C2CCC(C(=O)Oc3ccc(-c4ccc(CCC)cc4)c(F)c3F)CC2)c(F)c1F. The second-order valence-corrected chi connectivity index (χ2v) is 10.2. The molecule has 0 N–H and O–H groups in total. The maximum atomic E-state index is 14.9. The molecule has 2 nitrogen and oxygen atoms in total. The zero-order valence-corrected chi connectivity index (χ0v) is 22.0. The van der Waals surface area contributed by atoms with E-state index in [9.17, 15) is 22.4 Å². The van der Waals surface area contributed by atoms with Gasteiger partial charge in [0.1, 0.15) is 0 Å². The van der Waals surface area contributed by atoms with Crippen LogP contribution in [0.4, 0.5) is 17.6 Å². The molecule has 3 aromatic carbocycles. The molecule has 1 saturated carbocycles. The van der Waals surface area contributed by atoms with Gasteiger partial charge in [0.05, 0.1) is 5.92 Å². The summed E-state index contributed by atoms with van der Waals surface area (Å²) in [7, 11) is 0. The van der Waals surface area contributed by atoms with Gasteiger partial charge in [-0.25, -0.2) is 13.2 Å². The first-order chi connectivity index (χ1) is 18.3. The lowest BCUT2D eigenvalue weighted by Crippen LogP contribution is -2.26. The molecule has 3 aromatic rings. The van der Waals surface area contributed by atoms with E-state index in [4.69, 9.17) is 4.74 Å². The summed E-state index contributed by atoms with van der Waals surface area (Å²) >= 11 is 0. The number of ether oxygens (including phenoxy) is 1. The Morgan fingerprint density at radius 1 is 0.763 bits per heavy atom. The first-order valence-electron chi connectivity index (χ1n) is 13.6. The van der Waals surface area contributed by atoms with Gasteiger partial charge in [-0.2, -0.15) is 4.39 Å². The largest absolute Gasteiger partial charge is 0.423 e. The Balaban J connectivity index is 1.39. The van der Waals surface area contributed by atoms with Gasteiger partial charge in [0.2, 0.25) is 5.82 Å². The molecule has 1 aliphatic rings. The normalized spacial score (nSPS) is 17.4. The van der Waals surface area contributed by atoms with Crippen LogP contribution >= 0.6 is 0 Å². The van der Waals surface area contributed by atoms with Crippen LogP contribution in [0.1, 0.15) is 81.4 Å². The van der Waals surface area contributed by atoms with Crippen molar-refractivity contribution in [1.29, 1.82) is 0 Å². The van der Waals surface area contributed by atoms with Gasteiger partial charge in [-0.05, 0) is 85.3 Å². The highest BCUT2D eigenvalue weighted by molar-refractivity contribution is 5.76. The number of benzene rings is 3. The first kappa shape index (κ1) is 27.9. The lowest BCUT2D eigenvalue weighted by Gasteiger charge is -2.28. The van der Waals surface area contributed by atoms with Crippen molar-refractivity contribution in [2.24, 2.45) is 5.92 Å². The lowest BCUT2D eigenvalue weighted by atomic mass is 9.78. The third-order valence-corrected chi connectivity index (χ3v) is 7.55. The molecule has 1 fully saturated rings. The van der Waals surface area contributed by atoms with Gasteiger partial charge in [0.15, 0.2) is 23.2 Å². The highest BCUT2D eigenvalue weighted by atomic mass is 19.2. The van der Waals surface area contributed by atoms with Gasteiger partial charge in [-0.1, -0.05) is 63.1 Å². The third-order valence-electron chi connectivity index (χ3n) is 7.55. The minimum absolute atomic E-state index is 0.0980. The molecule has 4 rings (SSSR count). The molecule has 1 aliphatic carbocycles. The zero-order chi connectivity index (χ0) is 27.2. The van der Waals surface area contributed by atoms with Gasteiger partial charge in [0, 0.05) is 5.56 Å². The molecule has 0 amide bonds. The van der Waals surface area contributed by atoms with E-state index in [1.165, 1.54) is 12.1 Å². The summed E-state index contributed by atoms with van der Waals surface area (Å²) < 4.78 is 64.2. The van der Waals surface area contributed by atoms with Crippen molar-refractivity contribution in [2.75, 3.05) is 0 Å². The quantitative estimate of drug-likeness (QED) is 0.158. The Morgan fingerprint density at radius 2 is 1.47 bits per heavy atom. The zero-order valence-electron chi connectivity index (χ0n) is 22.0. The topological polar surface area (TPSA) is 26.3 Å². The van der Waals surface area contributed by atoms with E-state index in [0.717, 1.165) is 31.2 Å². The molecule has 0 saturated heterocycles. The molecule has 0 spiro atoms. The fraction of sp³-hybridized carbons (Fsp3) is 0.406. The number of halogens is 4. The minimum atomic E-state index is -1.21. The molecule has 0 bridgehead atoms. The van der Waals surface area contributed by atoms with Gasteiger partial charge in [-0.3, -0.25) is 4.79 Å². The molecule has 202 valence electrons. The van der Waals surface area contributed by atoms with Crippen LogP contribution < -0.4 is 4.74 Å². The number of hydrogen-bond donors (Lipinski definition) is 0. The van der Waals surface area contributed by atoms with E-state index in [0.29, 0.717) is 48.8 Å². The van der Waals surface area contributed by atoms with Crippen molar-refractivity contribution in [3.05, 3.63) is 88.5 Å². The minimum Gasteiger partial charge on any atom is -0.423 e. The molecule has 0 unspecified atom stereocenters. The molecule has 0 aromatic heterocycles. The highest BCUT2D eigenvalue weighted by Gasteiger charge is 2.31. The van der Waals surface area contributed by atoms with Crippen LogP contribution in [-0.2, 0) is 17.6 Å². The molecular weight excluding hydrogens is 492 g/mol. The van der Waals surface area contributed by atoms with Crippen molar-refractivity contribution in [2.45, 2.75) is 77.6 Å². The fourth-order valence-corrected chi connectivity index (χ4v) is 5.28. The Hall–Kier alpha value is -3.15. The molecular formula is C32H34F4O2. The predicted octanol–water partition coefficient (Wildman–Crippen LogP) is 9.08. The van der Waals surface area contributed by atoms with Crippen LogP contribution in [0, 0.1) is 29.2 Å². The number of carbonyl (C=O) groups is 1. The fourth-order valence-electron chi connectivity index (χ4n) is 5.28. The number of carbonyl (C=O) groups excluding carboxylic acids is 1.